The number of sulfonamides is 1. The summed E-state index contributed by atoms with van der Waals surface area (Å²) < 4.78 is 22.2. The van der Waals surface area contributed by atoms with Crippen molar-refractivity contribution in [3.05, 3.63) is 29.8 Å². The molecule has 0 unspecified atom stereocenters. The Morgan fingerprint density at radius 2 is 2.05 bits per heavy atom. The summed E-state index contributed by atoms with van der Waals surface area (Å²) in [7, 11) is -3.64. The van der Waals surface area contributed by atoms with Gasteiger partial charge in [0.2, 0.25) is 15.9 Å². The van der Waals surface area contributed by atoms with Crippen molar-refractivity contribution in [1.82, 2.24) is 10.6 Å². The third-order valence-corrected chi connectivity index (χ3v) is 4.27. The maximum absolute atomic E-state index is 11.8. The van der Waals surface area contributed by atoms with Crippen LogP contribution >= 0.6 is 0 Å². The number of carbonyl (C=O) groups excluding carboxylic acids is 1. The number of hydrogen-bond donors (Lipinski definition) is 3. The molecule has 0 aliphatic carbocycles. The monoisotopic (exact) mass is 297 g/mol. The van der Waals surface area contributed by atoms with E-state index in [0.29, 0.717) is 13.0 Å². The highest BCUT2D eigenvalue weighted by molar-refractivity contribution is 7.89. The summed E-state index contributed by atoms with van der Waals surface area (Å²) in [6, 6.07) is 6.30. The summed E-state index contributed by atoms with van der Waals surface area (Å²) in [5.74, 6) is 0.0312. The van der Waals surface area contributed by atoms with Crippen LogP contribution in [0.1, 0.15) is 18.4 Å². The fraction of sp³-hybridized carbons (Fsp3) is 0.462. The summed E-state index contributed by atoms with van der Waals surface area (Å²) >= 11 is 0. The quantitative estimate of drug-likeness (QED) is 0.697. The van der Waals surface area contributed by atoms with Gasteiger partial charge in [0.05, 0.1) is 10.9 Å². The number of nitrogens with two attached hydrogens (primary N) is 1. The van der Waals surface area contributed by atoms with Crippen LogP contribution in [-0.2, 0) is 21.2 Å². The minimum atomic E-state index is -3.64. The predicted molar refractivity (Wildman–Crippen MR) is 75.6 cm³/mol. The molecular weight excluding hydrogens is 278 g/mol. The Hall–Kier alpha value is -1.44. The highest BCUT2D eigenvalue weighted by atomic mass is 32.2. The first-order valence-electron chi connectivity index (χ1n) is 6.59. The summed E-state index contributed by atoms with van der Waals surface area (Å²) in [6.07, 6.45) is 2.57. The van der Waals surface area contributed by atoms with Crippen molar-refractivity contribution in [2.45, 2.75) is 30.2 Å². The Morgan fingerprint density at radius 3 is 2.60 bits per heavy atom. The highest BCUT2D eigenvalue weighted by Gasteiger charge is 2.21. The van der Waals surface area contributed by atoms with Gasteiger partial charge >= 0.3 is 0 Å². The van der Waals surface area contributed by atoms with Gasteiger partial charge in [0.25, 0.3) is 0 Å². The normalized spacial score (nSPS) is 18.9. The zero-order chi connectivity index (χ0) is 14.6. The van der Waals surface area contributed by atoms with Crippen molar-refractivity contribution >= 4 is 15.9 Å². The molecular formula is C13H19N3O3S. The number of nitrogens with one attached hydrogen (secondary N) is 2. The number of primary sulfonamides is 1. The summed E-state index contributed by atoms with van der Waals surface area (Å²) in [6.45, 7) is 1.43. The van der Waals surface area contributed by atoms with Crippen molar-refractivity contribution < 1.29 is 13.2 Å². The predicted octanol–water partition coefficient (Wildman–Crippen LogP) is -0.255. The van der Waals surface area contributed by atoms with E-state index in [-0.39, 0.29) is 16.8 Å². The van der Waals surface area contributed by atoms with E-state index in [9.17, 15) is 13.2 Å². The molecule has 1 fully saturated rings. The van der Waals surface area contributed by atoms with Gasteiger partial charge in [0.15, 0.2) is 0 Å². The van der Waals surface area contributed by atoms with Gasteiger partial charge < -0.3 is 10.6 Å². The molecule has 1 aromatic carbocycles. The van der Waals surface area contributed by atoms with Crippen molar-refractivity contribution in [3.63, 3.8) is 0 Å². The van der Waals surface area contributed by atoms with E-state index in [1.807, 2.05) is 0 Å². The molecule has 1 heterocycles. The van der Waals surface area contributed by atoms with E-state index >= 15 is 0 Å². The molecule has 1 atom stereocenters. The van der Waals surface area contributed by atoms with Crippen molar-refractivity contribution in [2.75, 3.05) is 13.1 Å². The maximum Gasteiger partial charge on any atom is 0.238 e. The highest BCUT2D eigenvalue weighted by Crippen LogP contribution is 2.09. The molecule has 2 rings (SSSR count). The van der Waals surface area contributed by atoms with Crippen LogP contribution in [0.15, 0.2) is 29.2 Å². The minimum absolute atomic E-state index is 0.0312. The van der Waals surface area contributed by atoms with E-state index in [4.69, 9.17) is 5.14 Å². The number of amides is 1. The maximum atomic E-state index is 11.8. The largest absolute Gasteiger partial charge is 0.354 e. The molecule has 1 saturated heterocycles. The van der Waals surface area contributed by atoms with E-state index < -0.39 is 10.0 Å². The van der Waals surface area contributed by atoms with Gasteiger partial charge in [-0.1, -0.05) is 12.1 Å². The fourth-order valence-corrected chi connectivity index (χ4v) is 2.72. The van der Waals surface area contributed by atoms with Crippen LogP contribution in [0.4, 0.5) is 0 Å². The lowest BCUT2D eigenvalue weighted by molar-refractivity contribution is -0.122. The molecule has 1 amide bonds. The van der Waals surface area contributed by atoms with E-state index in [0.717, 1.165) is 24.9 Å². The first kappa shape index (κ1) is 15.0. The van der Waals surface area contributed by atoms with Gasteiger partial charge in [0.1, 0.15) is 0 Å². The van der Waals surface area contributed by atoms with Crippen LogP contribution in [0.3, 0.4) is 0 Å². The second-order valence-electron chi connectivity index (χ2n) is 4.88. The van der Waals surface area contributed by atoms with Crippen LogP contribution in [0, 0.1) is 0 Å². The fourth-order valence-electron chi connectivity index (χ4n) is 2.21. The molecule has 0 radical (unpaired) electrons. The zero-order valence-corrected chi connectivity index (χ0v) is 11.9. The molecule has 1 aromatic rings. The third-order valence-electron chi connectivity index (χ3n) is 3.34. The topological polar surface area (TPSA) is 101 Å². The number of hydrogen-bond acceptors (Lipinski definition) is 4. The number of rotatable bonds is 5. The van der Waals surface area contributed by atoms with E-state index in [1.54, 1.807) is 12.1 Å². The van der Waals surface area contributed by atoms with Gasteiger partial charge in [0, 0.05) is 6.54 Å². The lowest BCUT2D eigenvalue weighted by Crippen LogP contribution is -2.41. The average molecular weight is 297 g/mol. The first-order chi connectivity index (χ1) is 9.47. The van der Waals surface area contributed by atoms with Gasteiger partial charge in [-0.15, -0.1) is 0 Å². The Labute approximate surface area is 118 Å². The molecule has 1 aliphatic rings. The van der Waals surface area contributed by atoms with Crippen LogP contribution in [0.2, 0.25) is 0 Å². The lowest BCUT2D eigenvalue weighted by Gasteiger charge is -2.11. The molecule has 0 saturated carbocycles. The molecule has 110 valence electrons. The molecule has 0 bridgehead atoms. The van der Waals surface area contributed by atoms with Gasteiger partial charge in [-0.2, -0.15) is 0 Å². The van der Waals surface area contributed by atoms with Crippen LogP contribution < -0.4 is 15.8 Å². The Kier molecular flexibility index (Phi) is 4.74. The van der Waals surface area contributed by atoms with Crippen molar-refractivity contribution in [2.24, 2.45) is 5.14 Å². The smallest absolute Gasteiger partial charge is 0.238 e. The summed E-state index contributed by atoms with van der Waals surface area (Å²) in [5, 5.41) is 11.0. The Balaban J connectivity index is 1.81. The number of benzene rings is 1. The average Bonchev–Trinajstić information content (AvgIpc) is 2.92. The molecule has 4 N–H and O–H groups in total. The SMILES string of the molecule is NS(=O)(=O)c1ccc(CCNC(=O)[C@H]2CCCN2)cc1. The minimum Gasteiger partial charge on any atom is -0.354 e. The molecule has 1 aliphatic heterocycles. The van der Waals surface area contributed by atoms with Gasteiger partial charge in [-0.3, -0.25) is 4.79 Å². The summed E-state index contributed by atoms with van der Waals surface area (Å²) in [4.78, 5) is 11.8. The molecule has 7 heteroatoms. The van der Waals surface area contributed by atoms with Crippen LogP contribution in [-0.4, -0.2) is 33.5 Å². The number of carbonyl (C=O) groups is 1. The standard InChI is InChI=1S/C13H19N3O3S/c14-20(18,19)11-5-3-10(4-6-11)7-9-16-13(17)12-2-1-8-15-12/h3-6,12,15H,1-2,7-9H2,(H,16,17)(H2,14,18,19)/t12-/m1/s1. The van der Waals surface area contributed by atoms with Crippen LogP contribution in [0.25, 0.3) is 0 Å². The Bertz CT molecular complexity index is 563. The van der Waals surface area contributed by atoms with Gasteiger partial charge in [-0.25, -0.2) is 13.6 Å². The van der Waals surface area contributed by atoms with Crippen molar-refractivity contribution in [1.29, 1.82) is 0 Å². The third kappa shape index (κ3) is 4.03. The summed E-state index contributed by atoms with van der Waals surface area (Å²) in [5.41, 5.74) is 0.956. The van der Waals surface area contributed by atoms with Crippen molar-refractivity contribution in [3.8, 4) is 0 Å². The second-order valence-corrected chi connectivity index (χ2v) is 6.44. The zero-order valence-electron chi connectivity index (χ0n) is 11.1. The molecule has 0 spiro atoms. The first-order valence-corrected chi connectivity index (χ1v) is 8.14. The molecule has 0 aromatic heterocycles. The van der Waals surface area contributed by atoms with E-state index in [2.05, 4.69) is 10.6 Å². The molecule has 20 heavy (non-hydrogen) atoms. The Morgan fingerprint density at radius 1 is 1.35 bits per heavy atom. The molecule has 6 nitrogen and oxygen atoms in total. The van der Waals surface area contributed by atoms with Crippen LogP contribution in [0.5, 0.6) is 0 Å². The second kappa shape index (κ2) is 6.34. The van der Waals surface area contributed by atoms with Gasteiger partial charge in [-0.05, 0) is 43.5 Å². The lowest BCUT2D eigenvalue weighted by atomic mass is 10.1. The van der Waals surface area contributed by atoms with E-state index in [1.165, 1.54) is 12.1 Å².